The largest absolute Gasteiger partial charge is 0.453 e. The van der Waals surface area contributed by atoms with Crippen LogP contribution in [0.4, 0.5) is 4.79 Å². The molecule has 0 bridgehead atoms. The molecule has 0 rings (SSSR count). The second-order valence-corrected chi connectivity index (χ2v) is 3.99. The first-order valence-electron chi connectivity index (χ1n) is 3.25. The molecule has 0 unspecified atom stereocenters. The normalized spacial score (nSPS) is 10.8. The third-order valence-electron chi connectivity index (χ3n) is 1.14. The molecule has 0 aromatic carbocycles. The summed E-state index contributed by atoms with van der Waals surface area (Å²) in [6, 6.07) is 0. The molecule has 0 spiro atoms. The van der Waals surface area contributed by atoms with E-state index in [4.69, 9.17) is 0 Å². The highest BCUT2D eigenvalue weighted by atomic mass is 32.2. The maximum absolute atomic E-state index is 10.8. The molecule has 6 nitrogen and oxygen atoms in total. The molecule has 0 heterocycles. The molecular formula is C5H12N2O4S. The number of nitrogens with one attached hydrogen (secondary N) is 2. The average molecular weight is 196 g/mol. The van der Waals surface area contributed by atoms with Crippen LogP contribution in [0.2, 0.25) is 0 Å². The van der Waals surface area contributed by atoms with Crippen LogP contribution in [0.1, 0.15) is 0 Å². The van der Waals surface area contributed by atoms with Crippen molar-refractivity contribution >= 4 is 16.1 Å². The second kappa shape index (κ2) is 4.94. The minimum atomic E-state index is -3.24. The zero-order valence-electron chi connectivity index (χ0n) is 6.96. The summed E-state index contributed by atoms with van der Waals surface area (Å²) < 4.78 is 27.9. The second-order valence-electron chi connectivity index (χ2n) is 1.94. The van der Waals surface area contributed by atoms with Crippen molar-refractivity contribution in [1.82, 2.24) is 10.0 Å². The molecule has 0 aliphatic rings. The molecule has 7 heteroatoms. The topological polar surface area (TPSA) is 84.5 Å². The summed E-state index contributed by atoms with van der Waals surface area (Å²) in [6.07, 6.45) is -0.638. The number of amides is 1. The summed E-state index contributed by atoms with van der Waals surface area (Å²) in [6.45, 7) is 0.0375. The van der Waals surface area contributed by atoms with Gasteiger partial charge in [0.2, 0.25) is 10.0 Å². The molecule has 2 N–H and O–H groups in total. The van der Waals surface area contributed by atoms with Gasteiger partial charge >= 0.3 is 6.09 Å². The Balaban J connectivity index is 3.64. The van der Waals surface area contributed by atoms with Crippen LogP contribution in [-0.2, 0) is 14.8 Å². The SMILES string of the molecule is CNS(=O)(=O)CCNC(=O)OC. The first kappa shape index (κ1) is 11.2. The number of alkyl carbamates (subject to hydrolysis) is 1. The molecule has 0 fully saturated rings. The summed E-state index contributed by atoms with van der Waals surface area (Å²) in [5.41, 5.74) is 0. The lowest BCUT2D eigenvalue weighted by Gasteiger charge is -2.03. The average Bonchev–Trinajstić information content (AvgIpc) is 2.04. The minimum Gasteiger partial charge on any atom is -0.453 e. The van der Waals surface area contributed by atoms with Crippen molar-refractivity contribution < 1.29 is 17.9 Å². The lowest BCUT2D eigenvalue weighted by molar-refractivity contribution is 0.172. The number of sulfonamides is 1. The number of rotatable bonds is 4. The molecule has 0 radical (unpaired) electrons. The van der Waals surface area contributed by atoms with E-state index in [1.54, 1.807) is 0 Å². The van der Waals surface area contributed by atoms with Crippen molar-refractivity contribution in [3.05, 3.63) is 0 Å². The Morgan fingerprint density at radius 1 is 1.50 bits per heavy atom. The maximum Gasteiger partial charge on any atom is 0.406 e. The van der Waals surface area contributed by atoms with Crippen molar-refractivity contribution in [1.29, 1.82) is 0 Å². The summed E-state index contributed by atoms with van der Waals surface area (Å²) in [7, 11) is -0.720. The van der Waals surface area contributed by atoms with Gasteiger partial charge in [-0.1, -0.05) is 0 Å². The van der Waals surface area contributed by atoms with Crippen molar-refractivity contribution in [3.8, 4) is 0 Å². The molecule has 0 aromatic heterocycles. The minimum absolute atomic E-state index is 0.0375. The van der Waals surface area contributed by atoms with Crippen LogP contribution < -0.4 is 10.0 Å². The number of ether oxygens (including phenoxy) is 1. The molecule has 0 aromatic rings. The van der Waals surface area contributed by atoms with E-state index in [0.29, 0.717) is 0 Å². The summed E-state index contributed by atoms with van der Waals surface area (Å²) >= 11 is 0. The number of carbonyl (C=O) groups is 1. The molecular weight excluding hydrogens is 184 g/mol. The smallest absolute Gasteiger partial charge is 0.406 e. The van der Waals surface area contributed by atoms with Crippen molar-refractivity contribution in [3.63, 3.8) is 0 Å². The van der Waals surface area contributed by atoms with E-state index < -0.39 is 16.1 Å². The van der Waals surface area contributed by atoms with Crippen LogP contribution in [-0.4, -0.2) is 41.0 Å². The van der Waals surface area contributed by atoms with Gasteiger partial charge in [0, 0.05) is 6.54 Å². The first-order chi connectivity index (χ1) is 5.52. The highest BCUT2D eigenvalue weighted by Crippen LogP contribution is 1.79. The van der Waals surface area contributed by atoms with Gasteiger partial charge in [-0.15, -0.1) is 0 Å². The van der Waals surface area contributed by atoms with E-state index in [0.717, 1.165) is 0 Å². The van der Waals surface area contributed by atoms with Gasteiger partial charge in [-0.05, 0) is 7.05 Å². The predicted molar refractivity (Wildman–Crippen MR) is 43.3 cm³/mol. The van der Waals surface area contributed by atoms with Gasteiger partial charge < -0.3 is 10.1 Å². The van der Waals surface area contributed by atoms with Crippen LogP contribution in [0, 0.1) is 0 Å². The third kappa shape index (κ3) is 4.91. The van der Waals surface area contributed by atoms with Gasteiger partial charge in [-0.2, -0.15) is 0 Å². The van der Waals surface area contributed by atoms with Gasteiger partial charge in [0.25, 0.3) is 0 Å². The fourth-order valence-electron chi connectivity index (χ4n) is 0.462. The van der Waals surface area contributed by atoms with Crippen molar-refractivity contribution in [2.24, 2.45) is 0 Å². The molecule has 0 saturated carbocycles. The van der Waals surface area contributed by atoms with Gasteiger partial charge in [0.1, 0.15) is 0 Å². The van der Waals surface area contributed by atoms with E-state index >= 15 is 0 Å². The van der Waals surface area contributed by atoms with Crippen LogP contribution in [0.3, 0.4) is 0 Å². The third-order valence-corrected chi connectivity index (χ3v) is 2.50. The van der Waals surface area contributed by atoms with Crippen LogP contribution in [0.25, 0.3) is 0 Å². The molecule has 0 aliphatic heterocycles. The fraction of sp³-hybridized carbons (Fsp3) is 0.800. The standard InChI is InChI=1S/C5H12N2O4S/c1-6-12(9,10)4-3-7-5(8)11-2/h6H,3-4H2,1-2H3,(H,7,8). The van der Waals surface area contributed by atoms with E-state index in [-0.39, 0.29) is 12.3 Å². The Labute approximate surface area is 71.3 Å². The Morgan fingerprint density at radius 2 is 2.08 bits per heavy atom. The van der Waals surface area contributed by atoms with Crippen LogP contribution in [0.5, 0.6) is 0 Å². The Bertz CT molecular complexity index is 236. The number of hydrogen-bond donors (Lipinski definition) is 2. The summed E-state index contributed by atoms with van der Waals surface area (Å²) in [5.74, 6) is -0.154. The van der Waals surface area contributed by atoms with Crippen LogP contribution >= 0.6 is 0 Å². The fourth-order valence-corrected chi connectivity index (χ4v) is 1.04. The molecule has 0 atom stereocenters. The lowest BCUT2D eigenvalue weighted by Crippen LogP contribution is -2.32. The highest BCUT2D eigenvalue weighted by molar-refractivity contribution is 7.89. The Morgan fingerprint density at radius 3 is 2.50 bits per heavy atom. The Hall–Kier alpha value is -0.820. The van der Waals surface area contributed by atoms with E-state index in [9.17, 15) is 13.2 Å². The molecule has 72 valence electrons. The number of hydrogen-bond acceptors (Lipinski definition) is 4. The molecule has 0 saturated heterocycles. The van der Waals surface area contributed by atoms with Gasteiger partial charge in [0.15, 0.2) is 0 Å². The predicted octanol–water partition coefficient (Wildman–Crippen LogP) is -1.11. The number of methoxy groups -OCH3 is 1. The maximum atomic E-state index is 10.8. The Kier molecular flexibility index (Phi) is 4.60. The monoisotopic (exact) mass is 196 g/mol. The molecule has 1 amide bonds. The van der Waals surface area contributed by atoms with E-state index in [1.807, 2.05) is 0 Å². The molecule has 12 heavy (non-hydrogen) atoms. The van der Waals surface area contributed by atoms with Crippen molar-refractivity contribution in [2.45, 2.75) is 0 Å². The lowest BCUT2D eigenvalue weighted by atomic mass is 10.7. The van der Waals surface area contributed by atoms with Crippen LogP contribution in [0.15, 0.2) is 0 Å². The van der Waals surface area contributed by atoms with Gasteiger partial charge in [-0.3, -0.25) is 0 Å². The highest BCUT2D eigenvalue weighted by Gasteiger charge is 2.06. The summed E-state index contributed by atoms with van der Waals surface area (Å²) in [5, 5.41) is 2.24. The zero-order valence-corrected chi connectivity index (χ0v) is 7.77. The van der Waals surface area contributed by atoms with Gasteiger partial charge in [-0.25, -0.2) is 17.9 Å². The molecule has 0 aliphatic carbocycles. The first-order valence-corrected chi connectivity index (χ1v) is 4.90. The quantitative estimate of drug-likeness (QED) is 0.597. The van der Waals surface area contributed by atoms with Gasteiger partial charge in [0.05, 0.1) is 12.9 Å². The van der Waals surface area contributed by atoms with E-state index in [1.165, 1.54) is 14.2 Å². The number of carbonyl (C=O) groups excluding carboxylic acids is 1. The zero-order chi connectivity index (χ0) is 9.61. The summed E-state index contributed by atoms with van der Waals surface area (Å²) in [4.78, 5) is 10.4. The van der Waals surface area contributed by atoms with E-state index in [2.05, 4.69) is 14.8 Å². The van der Waals surface area contributed by atoms with Crippen molar-refractivity contribution in [2.75, 3.05) is 26.5 Å².